The Hall–Kier alpha value is -1.30. The number of rotatable bonds is 3. The summed E-state index contributed by atoms with van der Waals surface area (Å²) in [6.07, 6.45) is 3.43. The van der Waals surface area contributed by atoms with Gasteiger partial charge in [0.15, 0.2) is 0 Å². The van der Waals surface area contributed by atoms with E-state index in [1.54, 1.807) is 7.11 Å². The Morgan fingerprint density at radius 1 is 1.35 bits per heavy atom. The first-order valence-corrected chi connectivity index (χ1v) is 7.38. The number of nitrogens with zero attached hydrogens (tertiary/aromatic N) is 2. The molecule has 2 saturated heterocycles. The molecule has 0 saturated carbocycles. The molecule has 0 aromatic rings. The van der Waals surface area contributed by atoms with E-state index in [1.165, 1.54) is 4.90 Å². The molecule has 2 aliphatic rings. The third kappa shape index (κ3) is 3.06. The van der Waals surface area contributed by atoms with Gasteiger partial charge in [-0.3, -0.25) is 0 Å². The highest BCUT2D eigenvalue weighted by Gasteiger charge is 2.41. The largest absolute Gasteiger partial charge is 0.480 e. The number of urea groups is 1. The number of carboxylic acid groups (broad SMARTS) is 1. The van der Waals surface area contributed by atoms with Crippen LogP contribution in [0.15, 0.2) is 0 Å². The Morgan fingerprint density at radius 3 is 2.70 bits per heavy atom. The summed E-state index contributed by atoms with van der Waals surface area (Å²) in [7, 11) is 1.56. The fourth-order valence-corrected chi connectivity index (χ4v) is 3.17. The highest BCUT2D eigenvalue weighted by atomic mass is 16.5. The van der Waals surface area contributed by atoms with E-state index in [2.05, 4.69) is 6.92 Å². The van der Waals surface area contributed by atoms with Crippen molar-refractivity contribution in [2.24, 2.45) is 5.92 Å². The van der Waals surface area contributed by atoms with Crippen LogP contribution in [-0.2, 0) is 9.53 Å². The first kappa shape index (κ1) is 15.1. The van der Waals surface area contributed by atoms with Gasteiger partial charge < -0.3 is 19.6 Å². The van der Waals surface area contributed by atoms with Crippen LogP contribution in [0.4, 0.5) is 4.79 Å². The minimum absolute atomic E-state index is 0.143. The van der Waals surface area contributed by atoms with E-state index in [9.17, 15) is 14.7 Å². The lowest BCUT2D eigenvalue weighted by Gasteiger charge is -2.36. The van der Waals surface area contributed by atoms with Crippen LogP contribution < -0.4 is 0 Å². The van der Waals surface area contributed by atoms with Gasteiger partial charge in [-0.2, -0.15) is 0 Å². The number of ether oxygens (including phenoxy) is 1. The molecule has 2 heterocycles. The Bertz CT molecular complexity index is 374. The van der Waals surface area contributed by atoms with Crippen LogP contribution in [0.25, 0.3) is 0 Å². The quantitative estimate of drug-likeness (QED) is 0.850. The van der Waals surface area contributed by atoms with Gasteiger partial charge >= 0.3 is 12.0 Å². The molecule has 0 radical (unpaired) electrons. The van der Waals surface area contributed by atoms with Crippen molar-refractivity contribution in [3.8, 4) is 0 Å². The third-order valence-electron chi connectivity index (χ3n) is 4.49. The lowest BCUT2D eigenvalue weighted by molar-refractivity contribution is -0.141. The number of methoxy groups -OCH3 is 1. The molecular weight excluding hydrogens is 260 g/mol. The van der Waals surface area contributed by atoms with Crippen LogP contribution in [0.1, 0.15) is 32.6 Å². The van der Waals surface area contributed by atoms with Gasteiger partial charge in [0, 0.05) is 33.2 Å². The van der Waals surface area contributed by atoms with E-state index in [4.69, 9.17) is 4.74 Å². The third-order valence-corrected chi connectivity index (χ3v) is 4.49. The standard InChI is InChI=1S/C14H24N2O4/c1-3-10-5-4-6-15(8-10)14(19)16-9-11(20-2)7-12(16)13(17)18/h10-12H,3-9H2,1-2H3,(H,17,18). The second-order valence-corrected chi connectivity index (χ2v) is 5.74. The molecule has 1 N–H and O–H groups in total. The van der Waals surface area contributed by atoms with Crippen molar-refractivity contribution < 1.29 is 19.4 Å². The van der Waals surface area contributed by atoms with Crippen molar-refractivity contribution >= 4 is 12.0 Å². The number of likely N-dealkylation sites (tertiary alicyclic amines) is 2. The predicted molar refractivity (Wildman–Crippen MR) is 73.5 cm³/mol. The molecule has 2 fully saturated rings. The second kappa shape index (κ2) is 6.43. The maximum atomic E-state index is 12.6. The lowest BCUT2D eigenvalue weighted by atomic mass is 9.96. The monoisotopic (exact) mass is 284 g/mol. The first-order chi connectivity index (χ1) is 9.56. The Labute approximate surface area is 119 Å². The summed E-state index contributed by atoms with van der Waals surface area (Å²) in [5, 5.41) is 9.27. The molecule has 0 aliphatic carbocycles. The summed E-state index contributed by atoms with van der Waals surface area (Å²) < 4.78 is 5.23. The van der Waals surface area contributed by atoms with Gasteiger partial charge in [0.25, 0.3) is 0 Å². The summed E-state index contributed by atoms with van der Waals surface area (Å²) in [4.78, 5) is 27.2. The maximum Gasteiger partial charge on any atom is 0.326 e. The number of hydrogen-bond acceptors (Lipinski definition) is 3. The van der Waals surface area contributed by atoms with E-state index in [0.717, 1.165) is 32.4 Å². The van der Waals surface area contributed by atoms with Crippen LogP contribution in [0, 0.1) is 5.92 Å². The van der Waals surface area contributed by atoms with Gasteiger partial charge in [-0.25, -0.2) is 9.59 Å². The number of hydrogen-bond donors (Lipinski definition) is 1. The molecule has 0 bridgehead atoms. The molecule has 3 atom stereocenters. The highest BCUT2D eigenvalue weighted by Crippen LogP contribution is 2.25. The van der Waals surface area contributed by atoms with E-state index in [0.29, 0.717) is 18.9 Å². The summed E-state index contributed by atoms with van der Waals surface area (Å²) in [5.41, 5.74) is 0. The van der Waals surface area contributed by atoms with Gasteiger partial charge in [0.1, 0.15) is 6.04 Å². The zero-order chi connectivity index (χ0) is 14.7. The summed E-state index contributed by atoms with van der Waals surface area (Å²) >= 11 is 0. The molecule has 20 heavy (non-hydrogen) atoms. The lowest BCUT2D eigenvalue weighted by Crippen LogP contribution is -2.51. The fourth-order valence-electron chi connectivity index (χ4n) is 3.17. The minimum atomic E-state index is -0.943. The van der Waals surface area contributed by atoms with Gasteiger partial charge in [-0.05, 0) is 18.8 Å². The van der Waals surface area contributed by atoms with Crippen molar-refractivity contribution in [3.05, 3.63) is 0 Å². The number of aliphatic carboxylic acids is 1. The van der Waals surface area contributed by atoms with Crippen LogP contribution in [0.2, 0.25) is 0 Å². The summed E-state index contributed by atoms with van der Waals surface area (Å²) in [5.74, 6) is -0.404. The van der Waals surface area contributed by atoms with Gasteiger partial charge in [-0.1, -0.05) is 13.3 Å². The molecule has 114 valence electrons. The number of carbonyl (C=O) groups is 2. The van der Waals surface area contributed by atoms with Crippen LogP contribution in [-0.4, -0.2) is 65.8 Å². The SMILES string of the molecule is CCC1CCCN(C(=O)N2CC(OC)CC2C(=O)O)C1. The normalized spacial score (nSPS) is 30.6. The molecule has 2 rings (SSSR count). The smallest absolute Gasteiger partial charge is 0.326 e. The fraction of sp³-hybridized carbons (Fsp3) is 0.857. The molecule has 0 aromatic heterocycles. The molecule has 6 heteroatoms. The Morgan fingerprint density at radius 2 is 2.10 bits per heavy atom. The Balaban J connectivity index is 2.04. The van der Waals surface area contributed by atoms with Crippen molar-refractivity contribution in [1.29, 1.82) is 0 Å². The predicted octanol–water partition coefficient (Wildman–Crippen LogP) is 1.40. The van der Waals surface area contributed by atoms with Crippen LogP contribution in [0.3, 0.4) is 0 Å². The van der Waals surface area contributed by atoms with E-state index in [-0.39, 0.29) is 12.1 Å². The molecule has 3 unspecified atom stereocenters. The number of carbonyl (C=O) groups excluding carboxylic acids is 1. The highest BCUT2D eigenvalue weighted by molar-refractivity contribution is 5.83. The van der Waals surface area contributed by atoms with Crippen LogP contribution >= 0.6 is 0 Å². The second-order valence-electron chi connectivity index (χ2n) is 5.74. The zero-order valence-corrected chi connectivity index (χ0v) is 12.2. The van der Waals surface area contributed by atoms with Gasteiger partial charge in [0.2, 0.25) is 0 Å². The maximum absolute atomic E-state index is 12.6. The van der Waals surface area contributed by atoms with Gasteiger partial charge in [-0.15, -0.1) is 0 Å². The molecule has 2 amide bonds. The number of carboxylic acids is 1. The summed E-state index contributed by atoms with van der Waals surface area (Å²) in [6.45, 7) is 3.99. The average Bonchev–Trinajstić information content (AvgIpc) is 2.91. The van der Waals surface area contributed by atoms with E-state index >= 15 is 0 Å². The van der Waals surface area contributed by atoms with Crippen LogP contribution in [0.5, 0.6) is 0 Å². The Kier molecular flexibility index (Phi) is 4.86. The average molecular weight is 284 g/mol. The number of piperidine rings is 1. The summed E-state index contributed by atoms with van der Waals surface area (Å²) in [6, 6.07) is -0.899. The zero-order valence-electron chi connectivity index (χ0n) is 12.2. The van der Waals surface area contributed by atoms with E-state index in [1.807, 2.05) is 4.90 Å². The first-order valence-electron chi connectivity index (χ1n) is 7.38. The van der Waals surface area contributed by atoms with E-state index < -0.39 is 12.0 Å². The molecule has 6 nitrogen and oxygen atoms in total. The van der Waals surface area contributed by atoms with Crippen molar-refractivity contribution in [2.45, 2.75) is 44.8 Å². The molecule has 0 spiro atoms. The van der Waals surface area contributed by atoms with Crippen molar-refractivity contribution in [2.75, 3.05) is 26.7 Å². The number of amides is 2. The minimum Gasteiger partial charge on any atom is -0.480 e. The van der Waals surface area contributed by atoms with Crippen molar-refractivity contribution in [1.82, 2.24) is 9.80 Å². The molecule has 2 aliphatic heterocycles. The topological polar surface area (TPSA) is 70.1 Å². The molecule has 0 aromatic carbocycles. The van der Waals surface area contributed by atoms with Crippen molar-refractivity contribution in [3.63, 3.8) is 0 Å². The van der Waals surface area contributed by atoms with Gasteiger partial charge in [0.05, 0.1) is 6.10 Å². The molecular formula is C14H24N2O4.